The molecule has 0 unspecified atom stereocenters. The zero-order valence-electron chi connectivity index (χ0n) is 6.35. The van der Waals surface area contributed by atoms with Crippen molar-refractivity contribution in [3.05, 3.63) is 0 Å². The maximum atomic E-state index is 4.92. The van der Waals surface area contributed by atoms with E-state index in [2.05, 4.69) is 6.26 Å². The first-order chi connectivity index (χ1) is 4.41. The molecule has 0 saturated carbocycles. The third-order valence-corrected chi connectivity index (χ3v) is 1.89. The van der Waals surface area contributed by atoms with E-state index in [1.165, 1.54) is 25.0 Å². The van der Waals surface area contributed by atoms with E-state index in [9.17, 15) is 0 Å². The molecule has 0 rings (SSSR count). The molecule has 0 aliphatic carbocycles. The molecular formula is C7H16OS. The standard InChI is InChI=1S/C7H16OS/c1-8-6-4-3-5-7-9-2/h3-7H2,1-2H3. The van der Waals surface area contributed by atoms with Crippen LogP contribution in [0.3, 0.4) is 0 Å². The molecule has 0 N–H and O–H groups in total. The third-order valence-electron chi connectivity index (χ3n) is 1.20. The van der Waals surface area contributed by atoms with E-state index >= 15 is 0 Å². The van der Waals surface area contributed by atoms with E-state index in [1.807, 2.05) is 11.8 Å². The highest BCUT2D eigenvalue weighted by Gasteiger charge is 1.86. The first-order valence-corrected chi connectivity index (χ1v) is 4.79. The molecule has 0 spiro atoms. The molecule has 0 fully saturated rings. The van der Waals surface area contributed by atoms with Gasteiger partial charge in [0.2, 0.25) is 0 Å². The van der Waals surface area contributed by atoms with Crippen molar-refractivity contribution in [2.24, 2.45) is 0 Å². The summed E-state index contributed by atoms with van der Waals surface area (Å²) in [6, 6.07) is 0. The largest absolute Gasteiger partial charge is 0.385 e. The summed E-state index contributed by atoms with van der Waals surface area (Å²) in [6.07, 6.45) is 6.02. The molecule has 0 heterocycles. The number of thioether (sulfide) groups is 1. The summed E-state index contributed by atoms with van der Waals surface area (Å²) in [7, 11) is 1.76. The third kappa shape index (κ3) is 8.31. The van der Waals surface area contributed by atoms with E-state index in [4.69, 9.17) is 4.74 Å². The molecule has 0 amide bonds. The van der Waals surface area contributed by atoms with E-state index in [0.29, 0.717) is 0 Å². The lowest BCUT2D eigenvalue weighted by Gasteiger charge is -1.96. The van der Waals surface area contributed by atoms with E-state index in [-0.39, 0.29) is 0 Å². The van der Waals surface area contributed by atoms with E-state index < -0.39 is 0 Å². The van der Waals surface area contributed by atoms with Gasteiger partial charge in [-0.2, -0.15) is 11.8 Å². The number of ether oxygens (including phenoxy) is 1. The minimum absolute atomic E-state index is 0.925. The van der Waals surface area contributed by atoms with Crippen LogP contribution in [-0.4, -0.2) is 25.7 Å². The molecule has 0 radical (unpaired) electrons. The van der Waals surface area contributed by atoms with Gasteiger partial charge in [-0.3, -0.25) is 0 Å². The fraction of sp³-hybridized carbons (Fsp3) is 1.00. The molecule has 0 aromatic heterocycles. The Hall–Kier alpha value is 0.310. The zero-order valence-corrected chi connectivity index (χ0v) is 7.17. The molecule has 1 nitrogen and oxygen atoms in total. The summed E-state index contributed by atoms with van der Waals surface area (Å²) in [4.78, 5) is 0. The van der Waals surface area contributed by atoms with Crippen LogP contribution in [-0.2, 0) is 4.74 Å². The van der Waals surface area contributed by atoms with Gasteiger partial charge in [0.25, 0.3) is 0 Å². The van der Waals surface area contributed by atoms with Crippen molar-refractivity contribution >= 4 is 11.8 Å². The van der Waals surface area contributed by atoms with Gasteiger partial charge < -0.3 is 4.74 Å². The van der Waals surface area contributed by atoms with Crippen molar-refractivity contribution < 1.29 is 4.74 Å². The monoisotopic (exact) mass is 148 g/mol. The molecule has 56 valence electrons. The molecule has 0 saturated heterocycles. The van der Waals surface area contributed by atoms with Crippen molar-refractivity contribution in [1.29, 1.82) is 0 Å². The van der Waals surface area contributed by atoms with Gasteiger partial charge in [0.1, 0.15) is 0 Å². The molecule has 0 atom stereocenters. The van der Waals surface area contributed by atoms with Gasteiger partial charge in [0, 0.05) is 13.7 Å². The second-order valence-corrected chi connectivity index (χ2v) is 3.03. The Balaban J connectivity index is 2.60. The Morgan fingerprint density at radius 1 is 1.22 bits per heavy atom. The predicted molar refractivity (Wildman–Crippen MR) is 44.1 cm³/mol. The lowest BCUT2D eigenvalue weighted by Crippen LogP contribution is -1.88. The van der Waals surface area contributed by atoms with Crippen molar-refractivity contribution in [1.82, 2.24) is 0 Å². The maximum absolute atomic E-state index is 4.92. The number of hydrogen-bond acceptors (Lipinski definition) is 2. The van der Waals surface area contributed by atoms with Crippen LogP contribution < -0.4 is 0 Å². The Labute approximate surface area is 62.2 Å². The van der Waals surface area contributed by atoms with Crippen LogP contribution in [0.1, 0.15) is 19.3 Å². The van der Waals surface area contributed by atoms with Gasteiger partial charge in [0.15, 0.2) is 0 Å². The second-order valence-electron chi connectivity index (χ2n) is 2.05. The van der Waals surface area contributed by atoms with E-state index in [1.54, 1.807) is 7.11 Å². The minimum atomic E-state index is 0.925. The highest BCUT2D eigenvalue weighted by Crippen LogP contribution is 2.01. The van der Waals surface area contributed by atoms with Crippen molar-refractivity contribution in [2.75, 3.05) is 25.7 Å². The quantitative estimate of drug-likeness (QED) is 0.534. The molecule has 0 aliphatic heterocycles. The topological polar surface area (TPSA) is 9.23 Å². The van der Waals surface area contributed by atoms with E-state index in [0.717, 1.165) is 6.61 Å². The van der Waals surface area contributed by atoms with Crippen LogP contribution in [0.2, 0.25) is 0 Å². The molecule has 0 aromatic rings. The number of unbranched alkanes of at least 4 members (excludes halogenated alkanes) is 2. The zero-order chi connectivity index (χ0) is 6.95. The summed E-state index contributed by atoms with van der Waals surface area (Å²) < 4.78 is 4.92. The van der Waals surface area contributed by atoms with Gasteiger partial charge in [0.05, 0.1) is 0 Å². The van der Waals surface area contributed by atoms with Crippen LogP contribution in [0.5, 0.6) is 0 Å². The first-order valence-electron chi connectivity index (χ1n) is 3.39. The highest BCUT2D eigenvalue weighted by molar-refractivity contribution is 7.98. The van der Waals surface area contributed by atoms with Crippen molar-refractivity contribution in [3.63, 3.8) is 0 Å². The molecule has 0 bridgehead atoms. The minimum Gasteiger partial charge on any atom is -0.385 e. The predicted octanol–water partition coefficient (Wildman–Crippen LogP) is 2.17. The Bertz CT molecular complexity index is 42.2. The SMILES string of the molecule is COCCCCCSC. The molecule has 2 heteroatoms. The number of hydrogen-bond donors (Lipinski definition) is 0. The van der Waals surface area contributed by atoms with Crippen LogP contribution >= 0.6 is 11.8 Å². The van der Waals surface area contributed by atoms with Crippen LogP contribution in [0.25, 0.3) is 0 Å². The summed E-state index contributed by atoms with van der Waals surface area (Å²) in [5.41, 5.74) is 0. The molecule has 9 heavy (non-hydrogen) atoms. The van der Waals surface area contributed by atoms with Crippen molar-refractivity contribution in [2.45, 2.75) is 19.3 Å². The van der Waals surface area contributed by atoms with Gasteiger partial charge in [-0.25, -0.2) is 0 Å². The fourth-order valence-corrected chi connectivity index (χ4v) is 1.16. The van der Waals surface area contributed by atoms with Gasteiger partial charge in [-0.05, 0) is 24.9 Å². The summed E-state index contributed by atoms with van der Waals surface area (Å²) in [5, 5.41) is 0. The van der Waals surface area contributed by atoms with Crippen LogP contribution in [0.15, 0.2) is 0 Å². The van der Waals surface area contributed by atoms with Gasteiger partial charge >= 0.3 is 0 Å². The smallest absolute Gasteiger partial charge is 0.0462 e. The summed E-state index contributed by atoms with van der Waals surface area (Å²) in [6.45, 7) is 0.925. The second kappa shape index (κ2) is 8.31. The average Bonchev–Trinajstić information content (AvgIpc) is 1.89. The van der Waals surface area contributed by atoms with Crippen molar-refractivity contribution in [3.8, 4) is 0 Å². The molecule has 0 aromatic carbocycles. The highest BCUT2D eigenvalue weighted by atomic mass is 32.2. The number of methoxy groups -OCH3 is 1. The van der Waals surface area contributed by atoms with Gasteiger partial charge in [-0.1, -0.05) is 6.42 Å². The number of rotatable bonds is 6. The Morgan fingerprint density at radius 3 is 2.56 bits per heavy atom. The molecular weight excluding hydrogens is 132 g/mol. The fourth-order valence-electron chi connectivity index (χ4n) is 0.670. The normalized spacial score (nSPS) is 10.0. The average molecular weight is 148 g/mol. The van der Waals surface area contributed by atoms with Crippen LogP contribution in [0.4, 0.5) is 0 Å². The molecule has 0 aliphatic rings. The summed E-state index contributed by atoms with van der Waals surface area (Å²) in [5.74, 6) is 1.30. The summed E-state index contributed by atoms with van der Waals surface area (Å²) >= 11 is 1.92. The maximum Gasteiger partial charge on any atom is 0.0462 e. The first kappa shape index (κ1) is 9.31. The Morgan fingerprint density at radius 2 is 2.00 bits per heavy atom. The lowest BCUT2D eigenvalue weighted by molar-refractivity contribution is 0.192. The van der Waals surface area contributed by atoms with Gasteiger partial charge in [-0.15, -0.1) is 0 Å². The Kier molecular flexibility index (Phi) is 8.60. The lowest BCUT2D eigenvalue weighted by atomic mass is 10.3. The van der Waals surface area contributed by atoms with Crippen LogP contribution in [0, 0.1) is 0 Å².